The summed E-state index contributed by atoms with van der Waals surface area (Å²) >= 11 is 6.01. The molecular formula is C20H14ClFN4O. The third kappa shape index (κ3) is 3.15. The van der Waals surface area contributed by atoms with Crippen molar-refractivity contribution in [2.24, 2.45) is 0 Å². The smallest absolute Gasteiger partial charge is 0.259 e. The van der Waals surface area contributed by atoms with E-state index in [1.165, 1.54) is 6.07 Å². The van der Waals surface area contributed by atoms with Gasteiger partial charge in [0.05, 0.1) is 11.1 Å². The fraction of sp³-hybridized carbons (Fsp3) is 0.0500. The van der Waals surface area contributed by atoms with Crippen LogP contribution in [0.3, 0.4) is 0 Å². The van der Waals surface area contributed by atoms with Gasteiger partial charge in [0.15, 0.2) is 11.5 Å². The Kier molecular flexibility index (Phi) is 4.33. The van der Waals surface area contributed by atoms with Crippen LogP contribution in [0, 0.1) is 12.7 Å². The van der Waals surface area contributed by atoms with E-state index < -0.39 is 5.82 Å². The summed E-state index contributed by atoms with van der Waals surface area (Å²) in [7, 11) is 0. The van der Waals surface area contributed by atoms with Gasteiger partial charge in [-0.2, -0.15) is 0 Å². The van der Waals surface area contributed by atoms with Crippen molar-refractivity contribution in [3.05, 3.63) is 82.8 Å². The summed E-state index contributed by atoms with van der Waals surface area (Å²) in [4.78, 5) is 12.8. The van der Waals surface area contributed by atoms with Crippen LogP contribution in [-0.2, 0) is 0 Å². The number of rotatable bonds is 3. The Morgan fingerprint density at radius 1 is 1.11 bits per heavy atom. The van der Waals surface area contributed by atoms with Crippen LogP contribution in [0.2, 0.25) is 5.02 Å². The van der Waals surface area contributed by atoms with E-state index >= 15 is 0 Å². The highest BCUT2D eigenvalue weighted by atomic mass is 35.5. The number of fused-ring (bicyclic) bond motifs is 1. The molecule has 134 valence electrons. The molecule has 2 aromatic carbocycles. The van der Waals surface area contributed by atoms with Crippen LogP contribution in [0.1, 0.15) is 15.9 Å². The molecule has 4 rings (SSSR count). The first-order chi connectivity index (χ1) is 13.0. The second-order valence-electron chi connectivity index (χ2n) is 6.03. The maximum Gasteiger partial charge on any atom is 0.259 e. The number of hydrogen-bond donors (Lipinski definition) is 1. The summed E-state index contributed by atoms with van der Waals surface area (Å²) in [5.41, 5.74) is 2.48. The molecule has 1 N–H and O–H groups in total. The summed E-state index contributed by atoms with van der Waals surface area (Å²) in [6.07, 6.45) is 1.69. The first kappa shape index (κ1) is 17.2. The van der Waals surface area contributed by atoms with Crippen LogP contribution < -0.4 is 5.32 Å². The number of amides is 1. The Morgan fingerprint density at radius 2 is 1.93 bits per heavy atom. The van der Waals surface area contributed by atoms with Crippen LogP contribution in [0.4, 0.5) is 10.1 Å². The monoisotopic (exact) mass is 380 g/mol. The van der Waals surface area contributed by atoms with Crippen molar-refractivity contribution >= 4 is 28.8 Å². The summed E-state index contributed by atoms with van der Waals surface area (Å²) in [5, 5.41) is 11.5. The summed E-state index contributed by atoms with van der Waals surface area (Å²) in [6.45, 7) is 1.87. The second-order valence-corrected chi connectivity index (χ2v) is 6.47. The number of nitrogens with zero attached hydrogens (tertiary/aromatic N) is 3. The Labute approximate surface area is 159 Å². The molecule has 0 spiro atoms. The fourth-order valence-electron chi connectivity index (χ4n) is 2.84. The van der Waals surface area contributed by atoms with E-state index in [1.54, 1.807) is 53.1 Å². The highest BCUT2D eigenvalue weighted by Crippen LogP contribution is 2.24. The summed E-state index contributed by atoms with van der Waals surface area (Å²) < 4.78 is 15.7. The molecule has 0 saturated carbocycles. The quantitative estimate of drug-likeness (QED) is 0.558. The number of carbonyl (C=O) groups excluding carboxylic acids is 1. The second kappa shape index (κ2) is 6.81. The van der Waals surface area contributed by atoms with E-state index in [2.05, 4.69) is 15.5 Å². The third-order valence-electron chi connectivity index (χ3n) is 4.24. The number of pyridine rings is 1. The topological polar surface area (TPSA) is 59.3 Å². The lowest BCUT2D eigenvalue weighted by atomic mass is 10.1. The molecule has 0 saturated heterocycles. The Morgan fingerprint density at radius 3 is 2.74 bits per heavy atom. The van der Waals surface area contributed by atoms with Crippen molar-refractivity contribution in [3.63, 3.8) is 0 Å². The number of hydrogen-bond acceptors (Lipinski definition) is 3. The van der Waals surface area contributed by atoms with Crippen molar-refractivity contribution in [2.75, 3.05) is 5.32 Å². The number of carbonyl (C=O) groups is 1. The van der Waals surface area contributed by atoms with Crippen LogP contribution >= 0.6 is 11.6 Å². The van der Waals surface area contributed by atoms with Crippen molar-refractivity contribution in [3.8, 4) is 11.4 Å². The van der Waals surface area contributed by atoms with Gasteiger partial charge in [0.2, 0.25) is 0 Å². The molecule has 0 fully saturated rings. The van der Waals surface area contributed by atoms with Gasteiger partial charge in [-0.15, -0.1) is 10.2 Å². The number of halogens is 2. The molecule has 0 aliphatic heterocycles. The zero-order valence-electron chi connectivity index (χ0n) is 14.3. The minimum Gasteiger partial charge on any atom is -0.322 e. The molecule has 2 aromatic heterocycles. The van der Waals surface area contributed by atoms with Gasteiger partial charge in [0.1, 0.15) is 5.82 Å². The molecule has 0 radical (unpaired) electrons. The van der Waals surface area contributed by atoms with Crippen LogP contribution in [0.5, 0.6) is 0 Å². The molecule has 0 unspecified atom stereocenters. The number of benzene rings is 2. The minimum absolute atomic E-state index is 0.313. The number of anilines is 1. The maximum atomic E-state index is 14.1. The molecule has 4 aromatic rings. The lowest BCUT2D eigenvalue weighted by Crippen LogP contribution is -2.14. The standard InChI is InChI=1S/C20H14ClFN4O/c1-12-8-9-13(21)11-17(12)23-20(27)15-6-4-10-26-18(24-25-19(15)26)14-5-2-3-7-16(14)22/h2-11H,1H3,(H,23,27). The van der Waals surface area contributed by atoms with Crippen LogP contribution in [0.25, 0.3) is 17.0 Å². The van der Waals surface area contributed by atoms with E-state index in [4.69, 9.17) is 11.6 Å². The average molecular weight is 381 g/mol. The molecule has 27 heavy (non-hydrogen) atoms. The summed E-state index contributed by atoms with van der Waals surface area (Å²) in [5.74, 6) is -0.425. The van der Waals surface area contributed by atoms with Crippen molar-refractivity contribution in [1.82, 2.24) is 14.6 Å². The van der Waals surface area contributed by atoms with Gasteiger partial charge in [-0.3, -0.25) is 9.20 Å². The minimum atomic E-state index is -0.406. The highest BCUT2D eigenvalue weighted by molar-refractivity contribution is 6.31. The number of nitrogens with one attached hydrogen (secondary N) is 1. The Hall–Kier alpha value is -3.25. The van der Waals surface area contributed by atoms with Gasteiger partial charge in [0, 0.05) is 16.9 Å². The zero-order valence-corrected chi connectivity index (χ0v) is 15.0. The fourth-order valence-corrected chi connectivity index (χ4v) is 3.01. The molecule has 1 amide bonds. The molecule has 0 aliphatic carbocycles. The van der Waals surface area contributed by atoms with Gasteiger partial charge in [-0.05, 0) is 48.9 Å². The average Bonchev–Trinajstić information content (AvgIpc) is 3.09. The third-order valence-corrected chi connectivity index (χ3v) is 4.48. The normalized spacial score (nSPS) is 10.9. The molecule has 0 aliphatic rings. The van der Waals surface area contributed by atoms with Gasteiger partial charge in [-0.1, -0.05) is 29.8 Å². The molecule has 7 heteroatoms. The van der Waals surface area contributed by atoms with E-state index in [9.17, 15) is 9.18 Å². The lowest BCUT2D eigenvalue weighted by Gasteiger charge is -2.09. The molecule has 0 atom stereocenters. The van der Waals surface area contributed by atoms with E-state index in [0.29, 0.717) is 33.3 Å². The Bertz CT molecular complexity index is 1170. The predicted octanol–water partition coefficient (Wildman–Crippen LogP) is 4.75. The van der Waals surface area contributed by atoms with E-state index in [0.717, 1.165) is 5.56 Å². The van der Waals surface area contributed by atoms with Crippen molar-refractivity contribution in [1.29, 1.82) is 0 Å². The molecule has 5 nitrogen and oxygen atoms in total. The first-order valence-corrected chi connectivity index (χ1v) is 8.58. The van der Waals surface area contributed by atoms with Gasteiger partial charge in [0.25, 0.3) is 5.91 Å². The Balaban J connectivity index is 1.76. The molecule has 0 bridgehead atoms. The van der Waals surface area contributed by atoms with Crippen LogP contribution in [-0.4, -0.2) is 20.5 Å². The maximum absolute atomic E-state index is 14.1. The largest absolute Gasteiger partial charge is 0.322 e. The van der Waals surface area contributed by atoms with E-state index in [-0.39, 0.29) is 5.91 Å². The van der Waals surface area contributed by atoms with E-state index in [1.807, 2.05) is 13.0 Å². The van der Waals surface area contributed by atoms with Gasteiger partial charge >= 0.3 is 0 Å². The van der Waals surface area contributed by atoms with Crippen molar-refractivity contribution < 1.29 is 9.18 Å². The lowest BCUT2D eigenvalue weighted by molar-refractivity contribution is 0.102. The van der Waals surface area contributed by atoms with Crippen LogP contribution in [0.15, 0.2) is 60.8 Å². The SMILES string of the molecule is Cc1ccc(Cl)cc1NC(=O)c1cccn2c(-c3ccccc3F)nnc12. The number of aryl methyl sites for hydroxylation is 1. The van der Waals surface area contributed by atoms with Gasteiger partial charge in [-0.25, -0.2) is 4.39 Å². The van der Waals surface area contributed by atoms with Gasteiger partial charge < -0.3 is 5.32 Å². The van der Waals surface area contributed by atoms with Crippen molar-refractivity contribution in [2.45, 2.75) is 6.92 Å². The number of aromatic nitrogens is 3. The molecule has 2 heterocycles. The predicted molar refractivity (Wildman–Crippen MR) is 103 cm³/mol. The first-order valence-electron chi connectivity index (χ1n) is 8.21. The summed E-state index contributed by atoms with van der Waals surface area (Å²) in [6, 6.07) is 14.9. The molecular weight excluding hydrogens is 367 g/mol. The highest BCUT2D eigenvalue weighted by Gasteiger charge is 2.18. The zero-order chi connectivity index (χ0) is 19.0.